The van der Waals surface area contributed by atoms with Gasteiger partial charge in [0, 0.05) is 32.6 Å². The summed E-state index contributed by atoms with van der Waals surface area (Å²) < 4.78 is 0. The van der Waals surface area contributed by atoms with Gasteiger partial charge in [-0.3, -0.25) is 9.88 Å². The van der Waals surface area contributed by atoms with E-state index in [1.54, 1.807) is 6.20 Å². The summed E-state index contributed by atoms with van der Waals surface area (Å²) >= 11 is 0. The van der Waals surface area contributed by atoms with Gasteiger partial charge in [-0.05, 0) is 12.3 Å². The van der Waals surface area contributed by atoms with Crippen LogP contribution in [0, 0.1) is 17.2 Å². The first-order valence-corrected chi connectivity index (χ1v) is 7.29. The second-order valence-electron chi connectivity index (χ2n) is 5.36. The molecule has 0 saturated carbocycles. The van der Waals surface area contributed by atoms with Crippen LogP contribution >= 0.6 is 0 Å². The minimum absolute atomic E-state index is 0.552. The number of hydrogen-bond donors (Lipinski definition) is 1. The average molecular weight is 275 g/mol. The zero-order valence-electron chi connectivity index (χ0n) is 12.8. The highest BCUT2D eigenvalue weighted by Crippen LogP contribution is 2.07. The lowest BCUT2D eigenvalue weighted by Crippen LogP contribution is -2.28. The highest BCUT2D eigenvalue weighted by atomic mass is 15.1. The van der Waals surface area contributed by atoms with Crippen molar-refractivity contribution in [3.05, 3.63) is 18.1 Å². The van der Waals surface area contributed by atoms with Crippen LogP contribution in [-0.2, 0) is 6.54 Å². The monoisotopic (exact) mass is 275 g/mol. The van der Waals surface area contributed by atoms with Crippen LogP contribution in [0.1, 0.15) is 39.3 Å². The molecule has 0 aromatic carbocycles. The molecule has 0 radical (unpaired) electrons. The molecule has 20 heavy (non-hydrogen) atoms. The van der Waals surface area contributed by atoms with Crippen molar-refractivity contribution in [2.24, 2.45) is 5.92 Å². The van der Waals surface area contributed by atoms with E-state index in [1.807, 2.05) is 6.20 Å². The molecule has 110 valence electrons. The Hall–Kier alpha value is -1.67. The first-order valence-electron chi connectivity index (χ1n) is 7.29. The molecule has 0 aliphatic carbocycles. The van der Waals surface area contributed by atoms with Gasteiger partial charge in [-0.25, -0.2) is 4.98 Å². The number of rotatable bonds is 9. The smallest absolute Gasteiger partial charge is 0.144 e. The number of nitrogens with zero attached hydrogens (tertiary/aromatic N) is 4. The number of hydrogen-bond acceptors (Lipinski definition) is 5. The Labute approximate surface area is 122 Å². The van der Waals surface area contributed by atoms with Crippen molar-refractivity contribution in [1.82, 2.24) is 14.9 Å². The molecule has 1 aromatic rings. The molecule has 1 heterocycles. The Kier molecular flexibility index (Phi) is 7.59. The van der Waals surface area contributed by atoms with Crippen molar-refractivity contribution in [2.45, 2.75) is 40.2 Å². The first-order chi connectivity index (χ1) is 9.65. The molecule has 0 aliphatic heterocycles. The molecule has 0 amide bonds. The van der Waals surface area contributed by atoms with Crippen LogP contribution < -0.4 is 5.32 Å². The second-order valence-corrected chi connectivity index (χ2v) is 5.36. The summed E-state index contributed by atoms with van der Waals surface area (Å²) in [6, 6.07) is 2.20. The summed E-state index contributed by atoms with van der Waals surface area (Å²) in [5.74, 6) is 1.40. The van der Waals surface area contributed by atoms with Crippen LogP contribution in [0.2, 0.25) is 0 Å². The Morgan fingerprint density at radius 2 is 2.15 bits per heavy atom. The Balaban J connectivity index is 2.56. The maximum atomic E-state index is 8.72. The summed E-state index contributed by atoms with van der Waals surface area (Å²) in [4.78, 5) is 11.1. The van der Waals surface area contributed by atoms with Gasteiger partial charge in [0.2, 0.25) is 0 Å². The molecule has 0 unspecified atom stereocenters. The fraction of sp³-hybridized carbons (Fsp3) is 0.667. The van der Waals surface area contributed by atoms with Gasteiger partial charge in [0.1, 0.15) is 5.82 Å². The van der Waals surface area contributed by atoms with Gasteiger partial charge in [0.15, 0.2) is 0 Å². The fourth-order valence-corrected chi connectivity index (χ4v) is 1.97. The molecule has 0 bridgehead atoms. The van der Waals surface area contributed by atoms with E-state index in [9.17, 15) is 0 Å². The maximum absolute atomic E-state index is 8.72. The van der Waals surface area contributed by atoms with Gasteiger partial charge >= 0.3 is 0 Å². The van der Waals surface area contributed by atoms with E-state index < -0.39 is 0 Å². The summed E-state index contributed by atoms with van der Waals surface area (Å²) in [5, 5.41) is 11.9. The molecule has 1 aromatic heterocycles. The zero-order chi connectivity index (χ0) is 14.8. The van der Waals surface area contributed by atoms with Gasteiger partial charge in [0.25, 0.3) is 0 Å². The lowest BCUT2D eigenvalue weighted by atomic mass is 10.2. The van der Waals surface area contributed by atoms with E-state index in [0.717, 1.165) is 44.1 Å². The molecule has 0 saturated heterocycles. The van der Waals surface area contributed by atoms with Gasteiger partial charge in [-0.1, -0.05) is 20.8 Å². The van der Waals surface area contributed by atoms with E-state index in [0.29, 0.717) is 12.3 Å². The number of nitrogens with one attached hydrogen (secondary N) is 1. The SMILES string of the molecule is CCCNc1cnc(CN(CCC#N)CC(C)C)cn1. The van der Waals surface area contributed by atoms with Crippen molar-refractivity contribution in [2.75, 3.05) is 25.0 Å². The molecule has 0 spiro atoms. The van der Waals surface area contributed by atoms with E-state index in [-0.39, 0.29) is 0 Å². The molecular weight excluding hydrogens is 250 g/mol. The van der Waals surface area contributed by atoms with Crippen molar-refractivity contribution in [1.29, 1.82) is 5.26 Å². The third kappa shape index (κ3) is 6.48. The van der Waals surface area contributed by atoms with Gasteiger partial charge in [0.05, 0.1) is 24.2 Å². The molecular formula is C15H25N5. The number of anilines is 1. The van der Waals surface area contributed by atoms with E-state index >= 15 is 0 Å². The normalized spacial score (nSPS) is 10.8. The van der Waals surface area contributed by atoms with Crippen LogP contribution in [0.4, 0.5) is 5.82 Å². The Morgan fingerprint density at radius 3 is 2.70 bits per heavy atom. The Morgan fingerprint density at radius 1 is 1.35 bits per heavy atom. The third-order valence-corrected chi connectivity index (χ3v) is 2.81. The molecule has 1 N–H and O–H groups in total. The van der Waals surface area contributed by atoms with E-state index in [4.69, 9.17) is 5.26 Å². The third-order valence-electron chi connectivity index (χ3n) is 2.81. The minimum Gasteiger partial charge on any atom is -0.369 e. The topological polar surface area (TPSA) is 64.8 Å². The van der Waals surface area contributed by atoms with Crippen LogP contribution in [0.15, 0.2) is 12.4 Å². The van der Waals surface area contributed by atoms with Crippen molar-refractivity contribution < 1.29 is 0 Å². The van der Waals surface area contributed by atoms with Crippen molar-refractivity contribution >= 4 is 5.82 Å². The summed E-state index contributed by atoms with van der Waals surface area (Å²) in [6.45, 7) is 9.90. The molecule has 5 nitrogen and oxygen atoms in total. The summed E-state index contributed by atoms with van der Waals surface area (Å²) in [6.07, 6.45) is 5.22. The first kappa shape index (κ1) is 16.4. The van der Waals surface area contributed by atoms with Crippen LogP contribution in [0.3, 0.4) is 0 Å². The molecule has 0 fully saturated rings. The van der Waals surface area contributed by atoms with E-state index in [1.165, 1.54) is 0 Å². The summed E-state index contributed by atoms with van der Waals surface area (Å²) in [7, 11) is 0. The van der Waals surface area contributed by atoms with Gasteiger partial charge in [-0.2, -0.15) is 5.26 Å². The van der Waals surface area contributed by atoms with Crippen LogP contribution in [0.25, 0.3) is 0 Å². The largest absolute Gasteiger partial charge is 0.369 e. The number of nitriles is 1. The van der Waals surface area contributed by atoms with Gasteiger partial charge in [-0.15, -0.1) is 0 Å². The van der Waals surface area contributed by atoms with E-state index in [2.05, 4.69) is 47.0 Å². The predicted molar refractivity (Wildman–Crippen MR) is 81.2 cm³/mol. The summed E-state index contributed by atoms with van der Waals surface area (Å²) in [5.41, 5.74) is 0.950. The lowest BCUT2D eigenvalue weighted by Gasteiger charge is -2.22. The molecule has 0 atom stereocenters. The molecule has 5 heteroatoms. The Bertz CT molecular complexity index is 407. The standard InChI is InChI=1S/C15H25N5/c1-4-7-17-15-10-18-14(9-19-15)12-20(8-5-6-16)11-13(2)3/h9-10,13H,4-5,7-8,11-12H2,1-3H3,(H,17,19). The maximum Gasteiger partial charge on any atom is 0.144 e. The lowest BCUT2D eigenvalue weighted by molar-refractivity contribution is 0.238. The highest BCUT2D eigenvalue weighted by Gasteiger charge is 2.09. The molecule has 0 aliphatic rings. The zero-order valence-corrected chi connectivity index (χ0v) is 12.8. The quantitative estimate of drug-likeness (QED) is 0.750. The number of aromatic nitrogens is 2. The van der Waals surface area contributed by atoms with Gasteiger partial charge < -0.3 is 5.32 Å². The van der Waals surface area contributed by atoms with Crippen molar-refractivity contribution in [3.63, 3.8) is 0 Å². The molecule has 1 rings (SSSR count). The predicted octanol–water partition coefficient (Wildman–Crippen LogP) is 2.67. The second kappa shape index (κ2) is 9.27. The van der Waals surface area contributed by atoms with Crippen molar-refractivity contribution in [3.8, 4) is 6.07 Å². The van der Waals surface area contributed by atoms with Crippen LogP contribution in [-0.4, -0.2) is 34.5 Å². The highest BCUT2D eigenvalue weighted by molar-refractivity contribution is 5.30. The fourth-order valence-electron chi connectivity index (χ4n) is 1.97. The van der Waals surface area contributed by atoms with Crippen LogP contribution in [0.5, 0.6) is 0 Å². The average Bonchev–Trinajstić information content (AvgIpc) is 2.43. The minimum atomic E-state index is 0.552.